The molecule has 1 aromatic carbocycles. The molecule has 0 aliphatic carbocycles. The Hall–Kier alpha value is -0.670. The Kier molecular flexibility index (Phi) is 6.21. The lowest BCUT2D eigenvalue weighted by molar-refractivity contribution is -0.698. The number of aryl methyl sites for hydroxylation is 1. The van der Waals surface area contributed by atoms with Gasteiger partial charge in [-0.05, 0) is 31.0 Å². The Balaban J connectivity index is 0.000000258. The van der Waals surface area contributed by atoms with Gasteiger partial charge >= 0.3 is 0 Å². The fraction of sp³-hybridized carbons (Fsp3) is 0.364. The summed E-state index contributed by atoms with van der Waals surface area (Å²) < 4.78 is 36.2. The average molecular weight is 321 g/mol. The van der Waals surface area contributed by atoms with Crippen LogP contribution in [0, 0.1) is 0 Å². The Morgan fingerprint density at radius 1 is 1.42 bits per heavy atom. The standard InChI is InChI=1S/C10H12NS2.CH4O4S/c1-3-11-8-6-4-5-7-9(8)13-10(11)12-2;1-5-6(2,3)4/h4-7H,3H2,1-2H3;1H3,(H,2,3,4)/q+1;/p-1. The molecule has 2 aromatic rings. The molecule has 0 radical (unpaired) electrons. The SMILES string of the molecule is CC[n+]1c(SC)sc2ccccc21.COS(=O)(=O)[O-]. The molecule has 1 heterocycles. The van der Waals surface area contributed by atoms with Gasteiger partial charge in [0.2, 0.25) is 15.9 Å². The maximum Gasteiger partial charge on any atom is 0.298 e. The van der Waals surface area contributed by atoms with Gasteiger partial charge in [-0.2, -0.15) is 4.57 Å². The van der Waals surface area contributed by atoms with Crippen LogP contribution in [0.15, 0.2) is 28.6 Å². The van der Waals surface area contributed by atoms with E-state index in [4.69, 9.17) is 0 Å². The van der Waals surface area contributed by atoms with Crippen LogP contribution in [0.5, 0.6) is 0 Å². The van der Waals surface area contributed by atoms with E-state index in [1.807, 2.05) is 23.1 Å². The van der Waals surface area contributed by atoms with Crippen molar-refractivity contribution in [1.82, 2.24) is 0 Å². The molecule has 0 fully saturated rings. The van der Waals surface area contributed by atoms with E-state index in [-0.39, 0.29) is 0 Å². The fourth-order valence-electron chi connectivity index (χ4n) is 1.47. The number of aromatic nitrogens is 1. The Labute approximate surface area is 121 Å². The molecule has 0 bridgehead atoms. The lowest BCUT2D eigenvalue weighted by Gasteiger charge is -1.98. The van der Waals surface area contributed by atoms with Crippen molar-refractivity contribution in [3.8, 4) is 0 Å². The number of hydrogen-bond acceptors (Lipinski definition) is 6. The summed E-state index contributed by atoms with van der Waals surface area (Å²) in [5.74, 6) is 0. The lowest BCUT2D eigenvalue weighted by atomic mass is 10.3. The largest absolute Gasteiger partial charge is 0.726 e. The maximum absolute atomic E-state index is 9.22. The van der Waals surface area contributed by atoms with Crippen molar-refractivity contribution in [1.29, 1.82) is 0 Å². The van der Waals surface area contributed by atoms with E-state index in [1.165, 1.54) is 14.6 Å². The molecule has 0 N–H and O–H groups in total. The minimum absolute atomic E-state index is 0.808. The zero-order valence-electron chi connectivity index (χ0n) is 10.8. The van der Waals surface area contributed by atoms with Crippen LogP contribution in [0.1, 0.15) is 6.92 Å². The van der Waals surface area contributed by atoms with Crippen LogP contribution < -0.4 is 4.57 Å². The third-order valence-corrected chi connectivity index (χ3v) is 4.96. The molecule has 2 rings (SSSR count). The number of hydrogen-bond donors (Lipinski definition) is 0. The first-order chi connectivity index (χ1) is 8.92. The summed E-state index contributed by atoms with van der Waals surface area (Å²) in [6.45, 7) is 3.25. The van der Waals surface area contributed by atoms with Gasteiger partial charge < -0.3 is 4.55 Å². The predicted molar refractivity (Wildman–Crippen MR) is 76.2 cm³/mol. The van der Waals surface area contributed by atoms with Crippen LogP contribution >= 0.6 is 23.1 Å². The summed E-state index contributed by atoms with van der Waals surface area (Å²) in [4.78, 5) is 0. The number of fused-ring (bicyclic) bond motifs is 1. The van der Waals surface area contributed by atoms with Gasteiger partial charge in [-0.25, -0.2) is 8.42 Å². The van der Waals surface area contributed by atoms with E-state index >= 15 is 0 Å². The molecule has 1 aromatic heterocycles. The number of thiazole rings is 1. The lowest BCUT2D eigenvalue weighted by Crippen LogP contribution is -2.32. The third kappa shape index (κ3) is 4.73. The van der Waals surface area contributed by atoms with Crippen molar-refractivity contribution in [2.75, 3.05) is 13.4 Å². The van der Waals surface area contributed by atoms with Gasteiger partial charge in [0.15, 0.2) is 0 Å². The van der Waals surface area contributed by atoms with E-state index in [2.05, 4.69) is 46.2 Å². The van der Waals surface area contributed by atoms with Gasteiger partial charge in [-0.3, -0.25) is 4.18 Å². The van der Waals surface area contributed by atoms with E-state index in [9.17, 15) is 13.0 Å². The van der Waals surface area contributed by atoms with Crippen LogP contribution in [0.3, 0.4) is 0 Å². The van der Waals surface area contributed by atoms with Gasteiger partial charge in [-0.1, -0.05) is 23.5 Å². The maximum atomic E-state index is 9.22. The summed E-state index contributed by atoms with van der Waals surface area (Å²) in [6, 6.07) is 8.58. The van der Waals surface area contributed by atoms with Crippen LogP contribution in [0.2, 0.25) is 0 Å². The molecule has 106 valence electrons. The predicted octanol–water partition coefficient (Wildman–Crippen LogP) is 2.02. The second-order valence-electron chi connectivity index (χ2n) is 3.36. The average Bonchev–Trinajstić information content (AvgIpc) is 2.76. The van der Waals surface area contributed by atoms with Gasteiger partial charge in [0.25, 0.3) is 4.34 Å². The first-order valence-corrected chi connectivity index (χ1v) is 8.77. The molecule has 19 heavy (non-hydrogen) atoms. The first kappa shape index (κ1) is 16.4. The quantitative estimate of drug-likeness (QED) is 0.374. The van der Waals surface area contributed by atoms with Gasteiger partial charge in [0, 0.05) is 6.07 Å². The van der Waals surface area contributed by atoms with Gasteiger partial charge in [-0.15, -0.1) is 0 Å². The zero-order valence-corrected chi connectivity index (χ0v) is 13.3. The topological polar surface area (TPSA) is 70.3 Å². The van der Waals surface area contributed by atoms with Crippen molar-refractivity contribution < 1.29 is 21.7 Å². The van der Waals surface area contributed by atoms with Gasteiger partial charge in [0.1, 0.15) is 11.2 Å². The smallest absolute Gasteiger partial charge is 0.298 e. The van der Waals surface area contributed by atoms with Crippen molar-refractivity contribution in [2.24, 2.45) is 0 Å². The molecular weight excluding hydrogens is 306 g/mol. The van der Waals surface area contributed by atoms with Crippen molar-refractivity contribution in [3.63, 3.8) is 0 Å². The molecule has 0 aliphatic heterocycles. The molecule has 0 spiro atoms. The monoisotopic (exact) mass is 321 g/mol. The van der Waals surface area contributed by atoms with E-state index in [1.54, 1.807) is 0 Å². The molecular formula is C11H15NO4S3. The highest BCUT2D eigenvalue weighted by atomic mass is 32.3. The number of benzene rings is 1. The van der Waals surface area contributed by atoms with Crippen LogP contribution in [0.4, 0.5) is 0 Å². The second kappa shape index (κ2) is 7.20. The molecule has 0 atom stereocenters. The normalized spacial score (nSPS) is 11.2. The van der Waals surface area contributed by atoms with Crippen molar-refractivity contribution >= 4 is 43.7 Å². The van der Waals surface area contributed by atoms with Crippen LogP contribution in [-0.4, -0.2) is 26.3 Å². The highest BCUT2D eigenvalue weighted by Gasteiger charge is 2.16. The first-order valence-electron chi connectivity index (χ1n) is 5.39. The Morgan fingerprint density at radius 3 is 2.47 bits per heavy atom. The summed E-state index contributed by atoms with van der Waals surface area (Å²) in [6.07, 6.45) is 2.14. The molecule has 0 saturated carbocycles. The minimum atomic E-state index is -4.41. The minimum Gasteiger partial charge on any atom is -0.726 e. The highest BCUT2D eigenvalue weighted by Crippen LogP contribution is 2.25. The number of thioether (sulfide) groups is 1. The third-order valence-electron chi connectivity index (χ3n) is 2.27. The second-order valence-corrected chi connectivity index (χ2v) is 6.59. The summed E-state index contributed by atoms with van der Waals surface area (Å²) in [5.41, 5.74) is 1.36. The van der Waals surface area contributed by atoms with E-state index in [0.717, 1.165) is 13.7 Å². The van der Waals surface area contributed by atoms with Crippen LogP contribution in [-0.2, 0) is 21.1 Å². The number of rotatable bonds is 3. The molecule has 0 amide bonds. The van der Waals surface area contributed by atoms with E-state index in [0.29, 0.717) is 0 Å². The highest BCUT2D eigenvalue weighted by molar-refractivity contribution is 8.00. The molecule has 0 aliphatic rings. The summed E-state index contributed by atoms with van der Waals surface area (Å²) in [5, 5.41) is 0. The van der Waals surface area contributed by atoms with Crippen LogP contribution in [0.25, 0.3) is 10.2 Å². The number of para-hydroxylation sites is 1. The Bertz CT molecular complexity index is 636. The van der Waals surface area contributed by atoms with Crippen molar-refractivity contribution in [2.45, 2.75) is 17.8 Å². The fourth-order valence-corrected chi connectivity index (χ4v) is 3.47. The van der Waals surface area contributed by atoms with E-state index < -0.39 is 10.4 Å². The summed E-state index contributed by atoms with van der Waals surface area (Å²) in [7, 11) is -3.60. The van der Waals surface area contributed by atoms with Gasteiger partial charge in [0.05, 0.1) is 7.11 Å². The molecule has 0 unspecified atom stereocenters. The summed E-state index contributed by atoms with van der Waals surface area (Å²) >= 11 is 3.70. The van der Waals surface area contributed by atoms with Crippen molar-refractivity contribution in [3.05, 3.63) is 24.3 Å². The molecule has 8 heteroatoms. The molecule has 0 saturated heterocycles. The zero-order chi connectivity index (χ0) is 14.5. The number of nitrogens with zero attached hydrogens (tertiary/aromatic N) is 1. The Morgan fingerprint density at radius 2 is 2.00 bits per heavy atom. The molecule has 5 nitrogen and oxygen atoms in total.